The second-order valence-corrected chi connectivity index (χ2v) is 6.99. The Morgan fingerprint density at radius 2 is 1.88 bits per heavy atom. The van der Waals surface area contributed by atoms with Crippen LogP contribution in [0.15, 0.2) is 63.1 Å². The van der Waals surface area contributed by atoms with Gasteiger partial charge in [-0.25, -0.2) is 4.39 Å². The fourth-order valence-electron chi connectivity index (χ4n) is 1.98. The number of non-ortho nitro benzene ring substituents is 1. The van der Waals surface area contributed by atoms with Crippen molar-refractivity contribution in [2.75, 3.05) is 11.5 Å². The SMILES string of the molecule is O=[N+]([O-])c1cccc(-c2nnc(SCCSc3ccccc3F)o2)c1. The van der Waals surface area contributed by atoms with Crippen LogP contribution < -0.4 is 0 Å². The van der Waals surface area contributed by atoms with Crippen LogP contribution in [0.4, 0.5) is 10.1 Å². The summed E-state index contributed by atoms with van der Waals surface area (Å²) < 4.78 is 19.0. The molecule has 3 rings (SSSR count). The quantitative estimate of drug-likeness (QED) is 0.256. The molecule has 0 aliphatic carbocycles. The molecule has 2 aromatic carbocycles. The maximum Gasteiger partial charge on any atom is 0.276 e. The van der Waals surface area contributed by atoms with Crippen molar-refractivity contribution in [3.05, 3.63) is 64.5 Å². The monoisotopic (exact) mass is 377 g/mol. The lowest BCUT2D eigenvalue weighted by atomic mass is 10.2. The van der Waals surface area contributed by atoms with Gasteiger partial charge >= 0.3 is 0 Å². The second kappa shape index (κ2) is 8.13. The van der Waals surface area contributed by atoms with E-state index in [1.54, 1.807) is 30.3 Å². The van der Waals surface area contributed by atoms with Crippen molar-refractivity contribution in [1.29, 1.82) is 0 Å². The number of nitrogens with zero attached hydrogens (tertiary/aromatic N) is 3. The Morgan fingerprint density at radius 1 is 1.08 bits per heavy atom. The molecule has 0 unspecified atom stereocenters. The zero-order valence-corrected chi connectivity index (χ0v) is 14.4. The van der Waals surface area contributed by atoms with E-state index in [2.05, 4.69) is 10.2 Å². The molecular weight excluding hydrogens is 365 g/mol. The molecule has 1 heterocycles. The third-order valence-corrected chi connectivity index (χ3v) is 5.24. The molecule has 0 amide bonds. The minimum Gasteiger partial charge on any atom is -0.411 e. The summed E-state index contributed by atoms with van der Waals surface area (Å²) in [5.74, 6) is 1.34. The van der Waals surface area contributed by atoms with Crippen molar-refractivity contribution < 1.29 is 13.7 Å². The fraction of sp³-hybridized carbons (Fsp3) is 0.125. The number of hydrogen-bond donors (Lipinski definition) is 0. The summed E-state index contributed by atoms with van der Waals surface area (Å²) in [6.07, 6.45) is 0. The average molecular weight is 377 g/mol. The third kappa shape index (κ3) is 4.58. The molecule has 6 nitrogen and oxygen atoms in total. The standard InChI is InChI=1S/C16H12FN3O3S2/c17-13-6-1-2-7-14(13)24-8-9-25-16-19-18-15(23-16)11-4-3-5-12(10-11)20(21)22/h1-7,10H,8-9H2. The Kier molecular flexibility index (Phi) is 5.67. The molecule has 0 fully saturated rings. The first-order valence-electron chi connectivity index (χ1n) is 7.22. The maximum atomic E-state index is 13.5. The van der Waals surface area contributed by atoms with Gasteiger partial charge in [-0.3, -0.25) is 10.1 Å². The first-order chi connectivity index (χ1) is 12.1. The molecule has 1 aromatic heterocycles. The van der Waals surface area contributed by atoms with Crippen LogP contribution in [-0.4, -0.2) is 26.6 Å². The van der Waals surface area contributed by atoms with Crippen LogP contribution in [0.25, 0.3) is 11.5 Å². The molecule has 9 heteroatoms. The minimum absolute atomic E-state index is 0.0359. The van der Waals surface area contributed by atoms with Gasteiger partial charge in [0.25, 0.3) is 10.9 Å². The van der Waals surface area contributed by atoms with Crippen molar-refractivity contribution >= 4 is 29.2 Å². The van der Waals surface area contributed by atoms with Gasteiger partial charge in [0.15, 0.2) is 0 Å². The van der Waals surface area contributed by atoms with E-state index >= 15 is 0 Å². The lowest BCUT2D eigenvalue weighted by molar-refractivity contribution is -0.384. The smallest absolute Gasteiger partial charge is 0.276 e. The molecule has 0 N–H and O–H groups in total. The molecular formula is C16H12FN3O3S2. The van der Waals surface area contributed by atoms with Gasteiger partial charge in [-0.15, -0.1) is 22.0 Å². The lowest BCUT2D eigenvalue weighted by Gasteiger charge is -2.01. The summed E-state index contributed by atoms with van der Waals surface area (Å²) in [5, 5.41) is 19.0. The third-order valence-electron chi connectivity index (χ3n) is 3.11. The van der Waals surface area contributed by atoms with E-state index in [4.69, 9.17) is 4.42 Å². The van der Waals surface area contributed by atoms with Crippen LogP contribution in [0.1, 0.15) is 0 Å². The molecule has 0 aliphatic heterocycles. The molecule has 0 bridgehead atoms. The van der Waals surface area contributed by atoms with E-state index in [0.29, 0.717) is 27.2 Å². The Bertz CT molecular complexity index is 888. The van der Waals surface area contributed by atoms with Crippen molar-refractivity contribution in [2.45, 2.75) is 10.1 Å². The summed E-state index contributed by atoms with van der Waals surface area (Å²) in [7, 11) is 0. The van der Waals surface area contributed by atoms with E-state index in [1.807, 2.05) is 0 Å². The summed E-state index contributed by atoms with van der Waals surface area (Å²) in [4.78, 5) is 10.9. The molecule has 0 radical (unpaired) electrons. The van der Waals surface area contributed by atoms with E-state index < -0.39 is 4.92 Å². The number of hydrogen-bond acceptors (Lipinski definition) is 7. The number of aromatic nitrogens is 2. The molecule has 0 saturated heterocycles. The van der Waals surface area contributed by atoms with Gasteiger partial charge in [0.1, 0.15) is 5.82 Å². The topological polar surface area (TPSA) is 82.1 Å². The average Bonchev–Trinajstić information content (AvgIpc) is 3.09. The van der Waals surface area contributed by atoms with E-state index in [0.717, 1.165) is 0 Å². The molecule has 3 aromatic rings. The Balaban J connectivity index is 1.56. The van der Waals surface area contributed by atoms with Crippen molar-refractivity contribution in [2.24, 2.45) is 0 Å². The Morgan fingerprint density at radius 3 is 2.68 bits per heavy atom. The highest BCUT2D eigenvalue weighted by atomic mass is 32.2. The summed E-state index contributed by atoms with van der Waals surface area (Å²) in [5.41, 5.74) is 0.459. The van der Waals surface area contributed by atoms with Crippen molar-refractivity contribution in [1.82, 2.24) is 10.2 Å². The van der Waals surface area contributed by atoms with E-state index in [1.165, 1.54) is 41.7 Å². The summed E-state index contributed by atoms with van der Waals surface area (Å²) in [6.45, 7) is 0. The first kappa shape index (κ1) is 17.4. The molecule has 0 saturated carbocycles. The number of nitro groups is 1. The van der Waals surface area contributed by atoms with Crippen molar-refractivity contribution in [3.63, 3.8) is 0 Å². The van der Waals surface area contributed by atoms with Gasteiger partial charge in [-0.2, -0.15) is 0 Å². The largest absolute Gasteiger partial charge is 0.411 e. The van der Waals surface area contributed by atoms with Crippen LogP contribution in [0.5, 0.6) is 0 Å². The maximum absolute atomic E-state index is 13.5. The van der Waals surface area contributed by atoms with Crippen LogP contribution >= 0.6 is 23.5 Å². The lowest BCUT2D eigenvalue weighted by Crippen LogP contribution is -1.88. The number of benzene rings is 2. The number of halogens is 1. The molecule has 128 valence electrons. The second-order valence-electron chi connectivity index (χ2n) is 4.81. The van der Waals surface area contributed by atoms with Crippen LogP contribution in [0, 0.1) is 15.9 Å². The van der Waals surface area contributed by atoms with Gasteiger partial charge in [0, 0.05) is 34.1 Å². The highest BCUT2D eigenvalue weighted by Crippen LogP contribution is 2.27. The predicted molar refractivity (Wildman–Crippen MR) is 94.2 cm³/mol. The van der Waals surface area contributed by atoms with Crippen LogP contribution in [-0.2, 0) is 0 Å². The van der Waals surface area contributed by atoms with Gasteiger partial charge in [0.2, 0.25) is 5.89 Å². The first-order valence-corrected chi connectivity index (χ1v) is 9.19. The van der Waals surface area contributed by atoms with Crippen molar-refractivity contribution in [3.8, 4) is 11.5 Å². The number of thioether (sulfide) groups is 2. The molecule has 0 atom stereocenters. The zero-order valence-electron chi connectivity index (χ0n) is 12.8. The van der Waals surface area contributed by atoms with Crippen LogP contribution in [0.2, 0.25) is 0 Å². The molecule has 0 spiro atoms. The van der Waals surface area contributed by atoms with E-state index in [-0.39, 0.29) is 17.4 Å². The van der Waals surface area contributed by atoms with Crippen LogP contribution in [0.3, 0.4) is 0 Å². The highest BCUT2D eigenvalue weighted by Gasteiger charge is 2.13. The Labute approximate surface area is 151 Å². The molecule has 0 aliphatic rings. The minimum atomic E-state index is -0.477. The predicted octanol–water partition coefficient (Wildman–Crippen LogP) is 4.67. The van der Waals surface area contributed by atoms with Gasteiger partial charge < -0.3 is 4.42 Å². The van der Waals surface area contributed by atoms with E-state index in [9.17, 15) is 14.5 Å². The summed E-state index contributed by atoms with van der Waals surface area (Å²) in [6, 6.07) is 12.6. The number of nitro benzene ring substituents is 1. The summed E-state index contributed by atoms with van der Waals surface area (Å²) >= 11 is 2.77. The fourth-order valence-corrected chi connectivity index (χ4v) is 3.66. The zero-order chi connectivity index (χ0) is 17.6. The number of rotatable bonds is 7. The van der Waals surface area contributed by atoms with Gasteiger partial charge in [0.05, 0.1) is 4.92 Å². The van der Waals surface area contributed by atoms with Gasteiger partial charge in [-0.05, 0) is 18.2 Å². The van der Waals surface area contributed by atoms with Gasteiger partial charge in [-0.1, -0.05) is 30.0 Å². The Hall–Kier alpha value is -2.39. The molecule has 25 heavy (non-hydrogen) atoms. The normalized spacial score (nSPS) is 10.8. The highest BCUT2D eigenvalue weighted by molar-refractivity contribution is 8.02.